The van der Waals surface area contributed by atoms with Crippen LogP contribution in [0, 0.1) is 92.7 Å². The van der Waals surface area contributed by atoms with Crippen molar-refractivity contribution in [3.63, 3.8) is 0 Å². The summed E-state index contributed by atoms with van der Waals surface area (Å²) in [4.78, 5) is 106. The fourth-order valence-corrected chi connectivity index (χ4v) is 24.3. The van der Waals surface area contributed by atoms with Gasteiger partial charge in [-0.05, 0) is 271 Å². The van der Waals surface area contributed by atoms with E-state index in [9.17, 15) is 48.6 Å². The van der Waals surface area contributed by atoms with Crippen molar-refractivity contribution in [1.82, 2.24) is 21.3 Å². The lowest BCUT2D eigenvalue weighted by Gasteiger charge is -2.64. The van der Waals surface area contributed by atoms with Crippen molar-refractivity contribution >= 4 is 46.4 Å². The van der Waals surface area contributed by atoms with E-state index >= 15 is 0 Å². The number of carbonyl (C=O) groups is 4. The molecule has 0 saturated heterocycles. The van der Waals surface area contributed by atoms with Gasteiger partial charge in [-0.1, -0.05) is 92.5 Å². The molecule has 0 aliphatic heterocycles. The molecule has 8 fully saturated rings. The van der Waals surface area contributed by atoms with Crippen molar-refractivity contribution in [2.75, 3.05) is 47.4 Å². The van der Waals surface area contributed by atoms with Crippen molar-refractivity contribution in [1.29, 1.82) is 0 Å². The summed E-state index contributed by atoms with van der Waals surface area (Å²) in [5.74, 6) is 3.95. The molecule has 108 heavy (non-hydrogen) atoms. The third kappa shape index (κ3) is 17.4. The minimum atomic E-state index is -0.826. The number of hydrogen-bond donors (Lipinski definition) is 14. The van der Waals surface area contributed by atoms with Crippen LogP contribution in [0.4, 0.5) is 22.7 Å². The first-order valence-electron chi connectivity index (χ1n) is 42.8. The van der Waals surface area contributed by atoms with Crippen LogP contribution in [0.5, 0.6) is 0 Å². The van der Waals surface area contributed by atoms with Crippen molar-refractivity contribution in [3.05, 3.63) is 76.3 Å². The van der Waals surface area contributed by atoms with E-state index in [1.807, 2.05) is 24.3 Å². The molecule has 24 atom stereocenters. The molecule has 4 amide bonds. The Morgan fingerprint density at radius 1 is 0.454 bits per heavy atom. The minimum absolute atomic E-state index is 0.0491. The standard InChI is InChI=1S/C86H138N12O10/c1-9-11-37-91-73-75(79(105)77(73)103)93-39-15-13-21-65(97-69(101)23-17-19-49(3)57-29-31-59-71-61(45-67(89)85(57,59)7)83(5)35-33-55(99)41-53(83)43-63(71)87)81(107)95-47-51-25-27-52(28-26-51)48-96-82(108)66(22-14-16-40-94-76-74(78(104)80(76)106)92-38-12-10-2)98-70(102)24-18-20-50(4)58-30-32-60-72-62(46-68(90)86(58,60)8)84(6)36-34-56(100)42-54(84)44-64(72)88/h25-28,49-50,53-68,71-72,91-94,99-100H,9-24,29-48,87-90H2,1-8H3,(H,95,107)(H,96,108)(H,97,101)(H,98,102)/t49-,50-,53+,54+,55-,56-,57-,58-,59+,60+,61+,62+,63-,64-,65?,66?,67+,68+,71+,72+,83+,84+,85-,86-/m1/s1. The van der Waals surface area contributed by atoms with Crippen LogP contribution in [0.25, 0.3) is 0 Å². The summed E-state index contributed by atoms with van der Waals surface area (Å²) in [6.07, 6.45) is 23.4. The first kappa shape index (κ1) is 83.2. The van der Waals surface area contributed by atoms with Crippen molar-refractivity contribution in [2.45, 2.75) is 310 Å². The highest BCUT2D eigenvalue weighted by Gasteiger charge is 2.67. The molecule has 0 spiro atoms. The summed E-state index contributed by atoms with van der Waals surface area (Å²) in [5, 5.41) is 46.2. The number of aliphatic hydroxyl groups is 2. The van der Waals surface area contributed by atoms with Crippen LogP contribution in [0.2, 0.25) is 0 Å². The van der Waals surface area contributed by atoms with Gasteiger partial charge in [0, 0.05) is 76.3 Å². The van der Waals surface area contributed by atoms with E-state index in [1.165, 1.54) is 0 Å². The molecule has 11 rings (SSSR count). The fourth-order valence-electron chi connectivity index (χ4n) is 24.3. The zero-order valence-corrected chi connectivity index (χ0v) is 66.8. The van der Waals surface area contributed by atoms with Gasteiger partial charge in [-0.3, -0.25) is 38.4 Å². The maximum atomic E-state index is 14.3. The van der Waals surface area contributed by atoms with Gasteiger partial charge < -0.3 is 75.7 Å². The van der Waals surface area contributed by atoms with E-state index in [1.54, 1.807) is 0 Å². The first-order valence-corrected chi connectivity index (χ1v) is 42.8. The Kier molecular flexibility index (Phi) is 27.7. The van der Waals surface area contributed by atoms with E-state index in [0.29, 0.717) is 171 Å². The summed E-state index contributed by atoms with van der Waals surface area (Å²) in [5.41, 5.74) is 30.0. The number of fused-ring (bicyclic) bond motifs is 10. The lowest BCUT2D eigenvalue weighted by Crippen LogP contribution is -2.65. The Morgan fingerprint density at radius 3 is 1.16 bits per heavy atom. The number of unbranched alkanes of at least 4 members (excludes halogenated alkanes) is 4. The molecule has 0 aromatic heterocycles. The Bertz CT molecular complexity index is 3450. The molecular formula is C86H138N12O10. The van der Waals surface area contributed by atoms with Crippen molar-refractivity contribution in [2.24, 2.45) is 116 Å². The average molecular weight is 1500 g/mol. The summed E-state index contributed by atoms with van der Waals surface area (Å²) in [6, 6.07) is 6.22. The molecule has 3 aromatic rings. The molecule has 8 saturated carbocycles. The van der Waals surface area contributed by atoms with Crippen LogP contribution < -0.4 is 87.2 Å². The number of nitrogens with two attached hydrogens (primary N) is 4. The highest BCUT2D eigenvalue weighted by Crippen LogP contribution is 2.70. The Morgan fingerprint density at radius 2 is 0.806 bits per heavy atom. The highest BCUT2D eigenvalue weighted by atomic mass is 16.3. The predicted molar refractivity (Wildman–Crippen MR) is 430 cm³/mol. The third-order valence-corrected chi connectivity index (χ3v) is 30.7. The van der Waals surface area contributed by atoms with Crippen LogP contribution in [0.15, 0.2) is 43.4 Å². The van der Waals surface area contributed by atoms with Gasteiger partial charge in [0.1, 0.15) is 34.8 Å². The zero-order valence-electron chi connectivity index (χ0n) is 66.8. The van der Waals surface area contributed by atoms with E-state index in [0.717, 1.165) is 140 Å². The van der Waals surface area contributed by atoms with Gasteiger partial charge >= 0.3 is 0 Å². The third-order valence-electron chi connectivity index (χ3n) is 30.7. The largest absolute Gasteiger partial charge is 0.393 e. The van der Waals surface area contributed by atoms with Crippen LogP contribution >= 0.6 is 0 Å². The lowest BCUT2D eigenvalue weighted by molar-refractivity contribution is -0.143. The predicted octanol–water partition coefficient (Wildman–Crippen LogP) is 9.47. The number of amides is 4. The second-order valence-electron chi connectivity index (χ2n) is 36.9. The number of aliphatic hydroxyl groups excluding tert-OH is 2. The molecule has 0 bridgehead atoms. The normalized spacial score (nSPS) is 34.4. The minimum Gasteiger partial charge on any atom is -0.393 e. The molecule has 22 heteroatoms. The number of rotatable bonds is 38. The van der Waals surface area contributed by atoms with Crippen LogP contribution in [-0.4, -0.2) is 108 Å². The summed E-state index contributed by atoms with van der Waals surface area (Å²) in [7, 11) is 0. The fraction of sp³-hybridized carbons (Fsp3) is 0.791. The Labute approximate surface area is 642 Å². The molecule has 8 aliphatic rings. The number of benzene rings is 1. The summed E-state index contributed by atoms with van der Waals surface area (Å²) >= 11 is 0. The van der Waals surface area contributed by atoms with Crippen LogP contribution in [0.3, 0.4) is 0 Å². The number of carbonyl (C=O) groups excluding carboxylic acids is 4. The SMILES string of the molecule is CCCCNc1c(NCCCCC(NC(=O)CCC[C@@H](C)[C@H]2CC[C@H]3[C@@H]4[C@H](N)C[C@@H]5C[C@H](O)CC[C@]5(C)[C@H]4C[C@H](N)[C@]23C)C(=O)NCc2ccc(CNC(=O)C(CCCCNc3c(NCCCC)c(=O)c3=O)NC(=O)CCC[C@@H](C)[C@H]3CC[C@H]4[C@@H]5[C@H](N)C[C@@H]6C[C@H](O)CC[C@]6(C)[C@H]5C[C@H](N)[C@]34C)cc2)c(=O)c1=O. The maximum absolute atomic E-state index is 14.3. The second kappa shape index (κ2) is 35.9. The summed E-state index contributed by atoms with van der Waals surface area (Å²) < 4.78 is 0. The highest BCUT2D eigenvalue weighted by molar-refractivity contribution is 5.88. The van der Waals surface area contributed by atoms with Gasteiger partial charge in [-0.2, -0.15) is 0 Å². The Balaban J connectivity index is 0.675. The molecule has 18 N–H and O–H groups in total. The molecule has 0 heterocycles. The maximum Gasteiger partial charge on any atom is 0.253 e. The van der Waals surface area contributed by atoms with E-state index in [2.05, 4.69) is 97.9 Å². The van der Waals surface area contributed by atoms with Crippen molar-refractivity contribution < 1.29 is 29.4 Å². The average Bonchev–Trinajstić information content (AvgIpc) is 1.41. The van der Waals surface area contributed by atoms with Crippen LogP contribution in [-0.2, 0) is 32.3 Å². The van der Waals surface area contributed by atoms with E-state index < -0.39 is 33.8 Å². The van der Waals surface area contributed by atoms with Crippen molar-refractivity contribution in [3.8, 4) is 0 Å². The molecule has 3 aromatic carbocycles. The molecule has 2 unspecified atom stereocenters. The summed E-state index contributed by atoms with van der Waals surface area (Å²) in [6.45, 7) is 20.9. The molecule has 602 valence electrons. The van der Waals surface area contributed by atoms with Gasteiger partial charge in [0.25, 0.3) is 21.7 Å². The molecule has 22 nitrogen and oxygen atoms in total. The number of anilines is 4. The smallest absolute Gasteiger partial charge is 0.253 e. The quantitative estimate of drug-likeness (QED) is 0.0187. The lowest BCUT2D eigenvalue weighted by atomic mass is 9.42. The number of hydrogen-bond acceptors (Lipinski definition) is 18. The molecule has 0 radical (unpaired) electrons. The second-order valence-corrected chi connectivity index (χ2v) is 36.9. The molecule has 8 aliphatic carbocycles. The zero-order chi connectivity index (χ0) is 77.6. The van der Waals surface area contributed by atoms with Gasteiger partial charge in [-0.15, -0.1) is 0 Å². The number of nitrogens with one attached hydrogen (secondary N) is 8. The molecular weight excluding hydrogens is 1360 g/mol. The first-order chi connectivity index (χ1) is 51.6. The topological polar surface area (TPSA) is 377 Å². The van der Waals surface area contributed by atoms with Gasteiger partial charge in [0.2, 0.25) is 23.6 Å². The van der Waals surface area contributed by atoms with E-state index in [-0.39, 0.29) is 108 Å². The van der Waals surface area contributed by atoms with Gasteiger partial charge in [0.05, 0.1) is 12.2 Å². The monoisotopic (exact) mass is 1500 g/mol. The van der Waals surface area contributed by atoms with E-state index in [4.69, 9.17) is 22.9 Å². The van der Waals surface area contributed by atoms with Gasteiger partial charge in [0.15, 0.2) is 0 Å². The Hall–Kier alpha value is -5.78. The van der Waals surface area contributed by atoms with Gasteiger partial charge in [-0.25, -0.2) is 0 Å². The van der Waals surface area contributed by atoms with Crippen LogP contribution in [0.1, 0.15) is 259 Å².